The molecule has 3 atom stereocenters. The minimum Gasteiger partial charge on any atom is -0.375 e. The first-order chi connectivity index (χ1) is 7.59. The lowest BCUT2D eigenvalue weighted by molar-refractivity contribution is 0.0333. The summed E-state index contributed by atoms with van der Waals surface area (Å²) in [6.45, 7) is 12.7. The van der Waals surface area contributed by atoms with Gasteiger partial charge in [0.25, 0.3) is 0 Å². The molecule has 94 valence electrons. The Kier molecular flexibility index (Phi) is 5.50. The van der Waals surface area contributed by atoms with Crippen LogP contribution in [-0.4, -0.2) is 25.3 Å². The first-order valence-electron chi connectivity index (χ1n) is 6.59. The normalized spacial score (nSPS) is 28.9. The van der Waals surface area contributed by atoms with Gasteiger partial charge in [0.05, 0.1) is 12.2 Å². The van der Waals surface area contributed by atoms with Crippen LogP contribution in [0.4, 0.5) is 0 Å². The van der Waals surface area contributed by atoms with Crippen molar-refractivity contribution >= 4 is 0 Å². The summed E-state index contributed by atoms with van der Waals surface area (Å²) in [7, 11) is 0. The van der Waals surface area contributed by atoms with Crippen LogP contribution in [0.25, 0.3) is 0 Å². The molecule has 0 saturated carbocycles. The van der Waals surface area contributed by atoms with Crippen LogP contribution in [0.15, 0.2) is 12.7 Å². The molecule has 0 aromatic rings. The summed E-state index contributed by atoms with van der Waals surface area (Å²) in [5.41, 5.74) is 0.171. The molecule has 16 heavy (non-hydrogen) atoms. The maximum absolute atomic E-state index is 5.89. The first kappa shape index (κ1) is 13.7. The van der Waals surface area contributed by atoms with E-state index in [1.165, 1.54) is 19.3 Å². The van der Waals surface area contributed by atoms with Crippen LogP contribution in [0.1, 0.15) is 46.5 Å². The van der Waals surface area contributed by atoms with Gasteiger partial charge in [0.2, 0.25) is 0 Å². The van der Waals surface area contributed by atoms with Crippen molar-refractivity contribution in [3.05, 3.63) is 12.7 Å². The van der Waals surface area contributed by atoms with Crippen LogP contribution in [0, 0.1) is 5.41 Å². The third-order valence-corrected chi connectivity index (χ3v) is 3.46. The molecule has 1 rings (SSSR count). The highest BCUT2D eigenvalue weighted by Crippen LogP contribution is 2.31. The van der Waals surface area contributed by atoms with E-state index >= 15 is 0 Å². The largest absolute Gasteiger partial charge is 0.375 e. The molecular formula is C14H27NO. The summed E-state index contributed by atoms with van der Waals surface area (Å²) in [6, 6.07) is 0. The van der Waals surface area contributed by atoms with Crippen LogP contribution in [-0.2, 0) is 4.74 Å². The van der Waals surface area contributed by atoms with Gasteiger partial charge in [0, 0.05) is 12.0 Å². The van der Waals surface area contributed by atoms with Gasteiger partial charge < -0.3 is 10.1 Å². The van der Waals surface area contributed by atoms with Gasteiger partial charge in [-0.1, -0.05) is 19.9 Å². The standard InChI is InChI=1S/C14H27NO/c1-5-9-15-11-14(4,6-2)10-13-8-7-12(3)16-13/h6,12-13,15H,2,5,7-11H2,1,3-4H3. The molecular weight excluding hydrogens is 198 g/mol. The third kappa shape index (κ3) is 4.26. The van der Waals surface area contributed by atoms with Crippen molar-refractivity contribution in [2.75, 3.05) is 13.1 Å². The van der Waals surface area contributed by atoms with Gasteiger partial charge in [-0.25, -0.2) is 0 Å². The quantitative estimate of drug-likeness (QED) is 0.531. The molecule has 1 heterocycles. The number of ether oxygens (including phenoxy) is 1. The summed E-state index contributed by atoms with van der Waals surface area (Å²) < 4.78 is 5.89. The van der Waals surface area contributed by atoms with E-state index in [1.54, 1.807) is 0 Å². The minimum atomic E-state index is 0.171. The maximum Gasteiger partial charge on any atom is 0.0588 e. The van der Waals surface area contributed by atoms with E-state index in [4.69, 9.17) is 4.74 Å². The van der Waals surface area contributed by atoms with E-state index < -0.39 is 0 Å². The molecule has 1 fully saturated rings. The van der Waals surface area contributed by atoms with Crippen molar-refractivity contribution in [1.82, 2.24) is 5.32 Å². The van der Waals surface area contributed by atoms with Crippen molar-refractivity contribution in [1.29, 1.82) is 0 Å². The summed E-state index contributed by atoms with van der Waals surface area (Å²) in [6.07, 6.45) is 7.66. The van der Waals surface area contributed by atoms with Gasteiger partial charge in [-0.2, -0.15) is 0 Å². The molecule has 1 N–H and O–H groups in total. The van der Waals surface area contributed by atoms with Gasteiger partial charge in [0.1, 0.15) is 0 Å². The Morgan fingerprint density at radius 3 is 2.75 bits per heavy atom. The van der Waals surface area contributed by atoms with Gasteiger partial charge in [-0.3, -0.25) is 0 Å². The van der Waals surface area contributed by atoms with Crippen molar-refractivity contribution < 1.29 is 4.74 Å². The fraction of sp³-hybridized carbons (Fsp3) is 0.857. The van der Waals surface area contributed by atoms with Crippen molar-refractivity contribution in [3.8, 4) is 0 Å². The van der Waals surface area contributed by atoms with Crippen molar-refractivity contribution in [3.63, 3.8) is 0 Å². The number of hydrogen-bond donors (Lipinski definition) is 1. The Morgan fingerprint density at radius 1 is 1.50 bits per heavy atom. The average Bonchev–Trinajstić information content (AvgIpc) is 2.64. The van der Waals surface area contributed by atoms with Crippen molar-refractivity contribution in [2.45, 2.75) is 58.7 Å². The minimum absolute atomic E-state index is 0.171. The molecule has 0 spiro atoms. The molecule has 3 unspecified atom stereocenters. The predicted molar refractivity (Wildman–Crippen MR) is 69.7 cm³/mol. The smallest absolute Gasteiger partial charge is 0.0588 e. The molecule has 1 aliphatic rings. The Balaban J connectivity index is 2.36. The fourth-order valence-corrected chi connectivity index (χ4v) is 2.33. The molecule has 0 radical (unpaired) electrons. The predicted octanol–water partition coefficient (Wildman–Crippen LogP) is 3.14. The lowest BCUT2D eigenvalue weighted by atomic mass is 9.83. The molecule has 0 aromatic carbocycles. The van der Waals surface area contributed by atoms with E-state index in [9.17, 15) is 0 Å². The monoisotopic (exact) mass is 225 g/mol. The molecule has 0 amide bonds. The second kappa shape index (κ2) is 6.41. The molecule has 0 bridgehead atoms. The zero-order valence-corrected chi connectivity index (χ0v) is 11.1. The third-order valence-electron chi connectivity index (χ3n) is 3.46. The van der Waals surface area contributed by atoms with E-state index in [2.05, 4.69) is 38.7 Å². The van der Waals surface area contributed by atoms with Crippen molar-refractivity contribution in [2.24, 2.45) is 5.41 Å². The van der Waals surface area contributed by atoms with Crippen LogP contribution in [0.5, 0.6) is 0 Å². The topological polar surface area (TPSA) is 21.3 Å². The SMILES string of the molecule is C=CC(C)(CNCCC)CC1CCC(C)O1. The zero-order valence-electron chi connectivity index (χ0n) is 11.1. The molecule has 1 saturated heterocycles. The highest BCUT2D eigenvalue weighted by molar-refractivity contribution is 4.95. The second-order valence-electron chi connectivity index (χ2n) is 5.39. The van der Waals surface area contributed by atoms with E-state index in [1.807, 2.05) is 0 Å². The molecule has 0 aromatic heterocycles. The number of nitrogens with one attached hydrogen (secondary N) is 1. The summed E-state index contributed by atoms with van der Waals surface area (Å²) in [5.74, 6) is 0. The van der Waals surface area contributed by atoms with Gasteiger partial charge in [-0.15, -0.1) is 6.58 Å². The van der Waals surface area contributed by atoms with Crippen LogP contribution in [0.2, 0.25) is 0 Å². The van der Waals surface area contributed by atoms with Crippen LogP contribution in [0.3, 0.4) is 0 Å². The summed E-state index contributed by atoms with van der Waals surface area (Å²) >= 11 is 0. The Labute approximate surface area is 100 Å². The van der Waals surface area contributed by atoms with Crippen LogP contribution < -0.4 is 5.32 Å². The second-order valence-corrected chi connectivity index (χ2v) is 5.39. The average molecular weight is 225 g/mol. The Hall–Kier alpha value is -0.340. The van der Waals surface area contributed by atoms with Crippen LogP contribution >= 0.6 is 0 Å². The van der Waals surface area contributed by atoms with E-state index in [0.29, 0.717) is 12.2 Å². The lowest BCUT2D eigenvalue weighted by Gasteiger charge is -2.29. The lowest BCUT2D eigenvalue weighted by Crippen LogP contribution is -2.33. The summed E-state index contributed by atoms with van der Waals surface area (Å²) in [5, 5.41) is 3.48. The van der Waals surface area contributed by atoms with E-state index in [0.717, 1.165) is 19.5 Å². The molecule has 0 aliphatic carbocycles. The molecule has 2 nitrogen and oxygen atoms in total. The first-order valence-corrected chi connectivity index (χ1v) is 6.59. The summed E-state index contributed by atoms with van der Waals surface area (Å²) in [4.78, 5) is 0. The number of hydrogen-bond acceptors (Lipinski definition) is 2. The Morgan fingerprint density at radius 2 is 2.25 bits per heavy atom. The van der Waals surface area contributed by atoms with Gasteiger partial charge in [-0.05, 0) is 39.2 Å². The Bertz CT molecular complexity index is 217. The van der Waals surface area contributed by atoms with Gasteiger partial charge >= 0.3 is 0 Å². The number of rotatable bonds is 7. The van der Waals surface area contributed by atoms with E-state index in [-0.39, 0.29) is 5.41 Å². The molecule has 2 heteroatoms. The fourth-order valence-electron chi connectivity index (χ4n) is 2.33. The molecule has 1 aliphatic heterocycles. The van der Waals surface area contributed by atoms with Gasteiger partial charge in [0.15, 0.2) is 0 Å². The highest BCUT2D eigenvalue weighted by atomic mass is 16.5. The highest BCUT2D eigenvalue weighted by Gasteiger charge is 2.29. The maximum atomic E-state index is 5.89. The zero-order chi connectivity index (χ0) is 12.0.